The van der Waals surface area contributed by atoms with Gasteiger partial charge in [0.2, 0.25) is 0 Å². The zero-order valence-electron chi connectivity index (χ0n) is 52.7. The van der Waals surface area contributed by atoms with Crippen molar-refractivity contribution in [2.45, 2.75) is 212 Å². The van der Waals surface area contributed by atoms with Gasteiger partial charge in [-0.15, -0.1) is 151 Å². The van der Waals surface area contributed by atoms with Crippen LogP contribution in [-0.4, -0.2) is 10.9 Å². The summed E-state index contributed by atoms with van der Waals surface area (Å²) in [5.74, 6) is 4.83. The van der Waals surface area contributed by atoms with E-state index in [9.17, 15) is 0 Å². The van der Waals surface area contributed by atoms with Gasteiger partial charge in [0, 0.05) is 0 Å². The maximum absolute atomic E-state index is 2.39. The van der Waals surface area contributed by atoms with Crippen molar-refractivity contribution in [3.05, 3.63) is 164 Å². The third kappa shape index (κ3) is 26.7. The molecule has 0 N–H and O–H groups in total. The molecular formula is C68H98Cl6Si2Zr3. The summed E-state index contributed by atoms with van der Waals surface area (Å²) < 4.78 is 0. The molecule has 0 aliphatic carbocycles. The predicted molar refractivity (Wildman–Crippen MR) is 339 cm³/mol. The maximum Gasteiger partial charge on any atom is 4.00 e. The third-order valence-electron chi connectivity index (χ3n) is 13.2. The van der Waals surface area contributed by atoms with Crippen LogP contribution in [0.15, 0.2) is 97.1 Å². The minimum absolute atomic E-state index is 0. The summed E-state index contributed by atoms with van der Waals surface area (Å²) >= 11 is 3.48. The van der Waals surface area contributed by atoms with E-state index in [0.29, 0.717) is 47.3 Å². The van der Waals surface area contributed by atoms with E-state index in [-0.39, 0.29) is 112 Å². The Hall–Kier alpha value is 0.143. The van der Waals surface area contributed by atoms with E-state index in [1.54, 1.807) is 57.8 Å². The monoisotopic (exact) mass is 1450 g/mol. The zero-order valence-corrected chi connectivity index (χ0v) is 66.7. The predicted octanol–water partition coefficient (Wildman–Crippen LogP) is 10.9. The molecule has 0 nitrogen and oxygen atoms in total. The molecule has 0 unspecified atom stereocenters. The van der Waals surface area contributed by atoms with Crippen LogP contribution in [0.25, 0.3) is 43.1 Å². The van der Waals surface area contributed by atoms with E-state index in [1.165, 1.54) is 98.7 Å². The third-order valence-corrected chi connectivity index (χ3v) is 13.2. The topological polar surface area (TPSA) is 0 Å². The van der Waals surface area contributed by atoms with E-state index < -0.39 is 0 Å². The summed E-state index contributed by atoms with van der Waals surface area (Å²) in [6.07, 6.45) is 0. The van der Waals surface area contributed by atoms with E-state index in [4.69, 9.17) is 0 Å². The van der Waals surface area contributed by atoms with Gasteiger partial charge >= 0.3 is 110 Å². The van der Waals surface area contributed by atoms with Gasteiger partial charge in [0.25, 0.3) is 0 Å². The van der Waals surface area contributed by atoms with E-state index in [2.05, 4.69) is 262 Å². The summed E-state index contributed by atoms with van der Waals surface area (Å²) in [7, 11) is 0. The fourth-order valence-corrected chi connectivity index (χ4v) is 9.91. The molecule has 0 aliphatic heterocycles. The number of aryl methyl sites for hydroxylation is 4. The summed E-state index contributed by atoms with van der Waals surface area (Å²) in [4.78, 5) is 0. The van der Waals surface area contributed by atoms with Crippen molar-refractivity contribution >= 4 is 78.8 Å². The molecule has 79 heavy (non-hydrogen) atoms. The molecule has 8 aromatic carbocycles. The van der Waals surface area contributed by atoms with E-state index in [1.807, 2.05) is 0 Å². The second kappa shape index (κ2) is 41.3. The molecule has 8 aromatic rings. The molecule has 0 saturated heterocycles. The van der Waals surface area contributed by atoms with Crippen LogP contribution in [0.1, 0.15) is 225 Å². The van der Waals surface area contributed by atoms with Crippen molar-refractivity contribution < 1.29 is 123 Å². The maximum atomic E-state index is 2.39. The number of halogens is 6. The Kier molecular flexibility index (Phi) is 45.9. The van der Waals surface area contributed by atoms with Crippen LogP contribution in [0.5, 0.6) is 0 Å². The number of hydrogen-bond donors (Lipinski definition) is 0. The van der Waals surface area contributed by atoms with Gasteiger partial charge < -0.3 is 49.6 Å². The second-order valence-electron chi connectivity index (χ2n) is 23.7. The average molecular weight is 1460 g/mol. The Morgan fingerprint density at radius 3 is 0.759 bits per heavy atom. The number of rotatable bonds is 8. The first-order valence-electron chi connectivity index (χ1n) is 27.3. The minimum atomic E-state index is 0. The normalized spacial score (nSPS) is 10.4. The van der Waals surface area contributed by atoms with Crippen LogP contribution in [0, 0.1) is 27.7 Å². The van der Waals surface area contributed by atoms with Gasteiger partial charge in [0.05, 0.1) is 0 Å². The fraction of sp³-hybridized carbons (Fsp3) is 0.471. The average Bonchev–Trinajstić information content (AvgIpc) is 4.04. The molecule has 0 aliphatic rings. The van der Waals surface area contributed by atoms with Crippen molar-refractivity contribution in [2.24, 2.45) is 0 Å². The Balaban J connectivity index is -0.000000286. The molecule has 0 saturated carbocycles. The van der Waals surface area contributed by atoms with Gasteiger partial charge in [0.1, 0.15) is 0 Å². The van der Waals surface area contributed by atoms with Gasteiger partial charge in [-0.1, -0.05) is 195 Å². The van der Waals surface area contributed by atoms with Crippen LogP contribution in [-0.2, 0) is 72.9 Å². The molecule has 0 bridgehead atoms. The Morgan fingerprint density at radius 1 is 0.316 bits per heavy atom. The minimum Gasteiger partial charge on any atom is -1.00 e. The van der Waals surface area contributed by atoms with Gasteiger partial charge in [-0.05, 0) is 47.3 Å². The summed E-state index contributed by atoms with van der Waals surface area (Å²) in [5.41, 5.74) is 17.9. The molecular weight excluding hydrogens is 1360 g/mol. The van der Waals surface area contributed by atoms with Crippen LogP contribution in [0.2, 0.25) is 26.2 Å². The first kappa shape index (κ1) is 87.9. The summed E-state index contributed by atoms with van der Waals surface area (Å²) in [6, 6.07) is 37.1. The molecule has 0 amide bonds. The van der Waals surface area contributed by atoms with Gasteiger partial charge in [-0.2, -0.15) is 24.3 Å². The SMILES string of the molecule is C[Si](C)=[Zr+2].C[Si](C)=[Zr+2].Cc1cc2c(C(C)C)c(C(C)C)ccc2[cH-]1.Cc1cc2c(C(C)C)c(C(C)C)ccc2[cH-]1.Cc1cc2c(C(C)C)cc(C(C)C)cc2[cH-]1.Cc1cc2c(C(C)C)cc(C(C)C)cc2[cH-]1.Cl.Cl.[Cl-].[Cl-].[Cl-].[Cl-].[Zr+4]. The molecule has 8 rings (SSSR count). The van der Waals surface area contributed by atoms with Gasteiger partial charge in [-0.3, -0.25) is 0 Å². The Labute approximate surface area is 570 Å². The molecule has 0 aromatic heterocycles. The first-order chi connectivity index (χ1) is 33.4. The van der Waals surface area contributed by atoms with Crippen LogP contribution < -0.4 is 49.6 Å². The first-order valence-corrected chi connectivity index (χ1v) is 39.7. The van der Waals surface area contributed by atoms with E-state index in [0.717, 1.165) is 0 Å². The zero-order chi connectivity index (χ0) is 54.6. The van der Waals surface area contributed by atoms with Crippen molar-refractivity contribution in [3.8, 4) is 0 Å². The number of hydrogen-bond acceptors (Lipinski definition) is 0. The fourth-order valence-electron chi connectivity index (χ4n) is 9.91. The largest absolute Gasteiger partial charge is 4.00 e. The molecule has 0 atom stereocenters. The van der Waals surface area contributed by atoms with Crippen molar-refractivity contribution in [1.82, 2.24) is 0 Å². The second-order valence-corrected chi connectivity index (χ2v) is 42.5. The van der Waals surface area contributed by atoms with Crippen LogP contribution >= 0.6 is 24.8 Å². The van der Waals surface area contributed by atoms with Crippen LogP contribution in [0.4, 0.5) is 0 Å². The molecule has 0 spiro atoms. The van der Waals surface area contributed by atoms with Crippen LogP contribution in [0.3, 0.4) is 0 Å². The molecule has 11 heteroatoms. The quantitative estimate of drug-likeness (QED) is 0.105. The standard InChI is InChI=1S/4C16H21.2C2H6Si.6ClH.3Zr/c2*1-10(2)13-8-14-6-12(5)7-16(14)15(9-13)11(3)4;2*1-10(2)14-7-6-13-8-12(5)9-15(13)16(14)11(3)4;2*1-3-2;;;;;;;;;/h4*6-11H,1-5H3;2*1-2H3;6*1H;;;/q4*-1;;;;;;;;;2*+2;+4/p-4. The van der Waals surface area contributed by atoms with Crippen molar-refractivity contribution in [1.29, 1.82) is 0 Å². The van der Waals surface area contributed by atoms with Crippen molar-refractivity contribution in [3.63, 3.8) is 0 Å². The molecule has 0 heterocycles. The molecule has 0 radical (unpaired) electrons. The van der Waals surface area contributed by atoms with E-state index >= 15 is 0 Å². The Morgan fingerprint density at radius 2 is 0.544 bits per heavy atom. The van der Waals surface area contributed by atoms with Gasteiger partial charge in [0.15, 0.2) is 0 Å². The van der Waals surface area contributed by atoms with Crippen molar-refractivity contribution in [2.75, 3.05) is 0 Å². The summed E-state index contributed by atoms with van der Waals surface area (Å²) in [5, 5.41) is 11.4. The molecule has 432 valence electrons. The Bertz CT molecular complexity index is 2820. The smallest absolute Gasteiger partial charge is 1.00 e. The number of benzene rings is 4. The summed E-state index contributed by atoms with van der Waals surface area (Å²) in [6.45, 7) is 54.4. The van der Waals surface area contributed by atoms with Gasteiger partial charge in [-0.25, -0.2) is 0 Å². The number of fused-ring (bicyclic) bond motifs is 4. The molecule has 0 fully saturated rings.